The lowest BCUT2D eigenvalue weighted by Gasteiger charge is -2.32. The maximum Gasteiger partial charge on any atom is 0.407 e. The molecule has 6 nitrogen and oxygen atoms in total. The molecule has 1 aromatic rings. The number of carbonyl (C=O) groups is 1. The van der Waals surface area contributed by atoms with Gasteiger partial charge in [0.05, 0.1) is 24.9 Å². The molecule has 0 radical (unpaired) electrons. The van der Waals surface area contributed by atoms with Crippen LogP contribution in [-0.4, -0.2) is 34.2 Å². The van der Waals surface area contributed by atoms with Gasteiger partial charge < -0.3 is 10.0 Å². The van der Waals surface area contributed by atoms with Crippen molar-refractivity contribution in [1.29, 1.82) is 0 Å². The van der Waals surface area contributed by atoms with Gasteiger partial charge in [-0.05, 0) is 11.6 Å². The first kappa shape index (κ1) is 12.5. The number of pyridine rings is 1. The number of hydroxylamine groups is 1. The van der Waals surface area contributed by atoms with Gasteiger partial charge in [-0.3, -0.25) is 9.82 Å². The van der Waals surface area contributed by atoms with Crippen molar-refractivity contribution in [1.82, 2.24) is 15.4 Å². The Morgan fingerprint density at radius 3 is 3.33 bits per heavy atom. The van der Waals surface area contributed by atoms with Crippen molar-refractivity contribution in [3.05, 3.63) is 42.2 Å². The summed E-state index contributed by atoms with van der Waals surface area (Å²) in [5.41, 5.74) is 4.57. The fraction of sp³-hybridized carbons (Fsp3) is 0.333. The molecule has 0 fully saturated rings. The molecule has 18 heavy (non-hydrogen) atoms. The highest BCUT2D eigenvalue weighted by atomic mass is 16.6. The van der Waals surface area contributed by atoms with Crippen LogP contribution in [0, 0.1) is 0 Å². The molecule has 0 aliphatic carbocycles. The van der Waals surface area contributed by atoms with Crippen LogP contribution in [0.3, 0.4) is 0 Å². The largest absolute Gasteiger partial charge is 0.465 e. The average molecular weight is 249 g/mol. The van der Waals surface area contributed by atoms with Crippen molar-refractivity contribution in [3.63, 3.8) is 0 Å². The van der Waals surface area contributed by atoms with Crippen LogP contribution >= 0.6 is 0 Å². The van der Waals surface area contributed by atoms with Crippen molar-refractivity contribution in [3.8, 4) is 0 Å². The molecular formula is C12H15N3O3. The van der Waals surface area contributed by atoms with E-state index in [-0.39, 0.29) is 6.04 Å². The van der Waals surface area contributed by atoms with E-state index in [1.165, 1.54) is 4.90 Å². The second-order valence-corrected chi connectivity index (χ2v) is 3.97. The van der Waals surface area contributed by atoms with Gasteiger partial charge in [-0.1, -0.05) is 12.1 Å². The highest BCUT2D eigenvalue weighted by molar-refractivity contribution is 5.65. The van der Waals surface area contributed by atoms with E-state index in [9.17, 15) is 4.79 Å². The monoisotopic (exact) mass is 249 g/mol. The molecule has 2 N–H and O–H groups in total. The van der Waals surface area contributed by atoms with Crippen LogP contribution < -0.4 is 5.48 Å². The molecule has 1 amide bonds. The third-order valence-corrected chi connectivity index (χ3v) is 2.74. The van der Waals surface area contributed by atoms with Crippen LogP contribution in [0.15, 0.2) is 31.0 Å². The van der Waals surface area contributed by atoms with Gasteiger partial charge in [-0.15, -0.1) is 6.58 Å². The van der Waals surface area contributed by atoms with Crippen molar-refractivity contribution < 1.29 is 14.7 Å². The zero-order valence-corrected chi connectivity index (χ0v) is 9.87. The highest BCUT2D eigenvalue weighted by Gasteiger charge is 2.28. The summed E-state index contributed by atoms with van der Waals surface area (Å²) in [4.78, 5) is 21.8. The minimum atomic E-state index is -0.957. The van der Waals surface area contributed by atoms with Crippen molar-refractivity contribution in [2.24, 2.45) is 0 Å². The maximum atomic E-state index is 11.1. The summed E-state index contributed by atoms with van der Waals surface area (Å²) in [7, 11) is 0. The molecule has 2 rings (SSSR count). The molecule has 1 aliphatic rings. The van der Waals surface area contributed by atoms with Crippen molar-refractivity contribution in [2.45, 2.75) is 12.6 Å². The zero-order valence-electron chi connectivity index (χ0n) is 9.87. The van der Waals surface area contributed by atoms with Gasteiger partial charge in [-0.2, -0.15) is 5.48 Å². The van der Waals surface area contributed by atoms with E-state index in [1.807, 2.05) is 12.1 Å². The quantitative estimate of drug-likeness (QED) is 0.478. The number of hydrogen-bond acceptors (Lipinski definition) is 4. The smallest absolute Gasteiger partial charge is 0.407 e. The van der Waals surface area contributed by atoms with Gasteiger partial charge in [0.1, 0.15) is 0 Å². The summed E-state index contributed by atoms with van der Waals surface area (Å²) in [6.07, 6.45) is 2.32. The number of nitrogens with zero attached hydrogens (tertiary/aromatic N) is 2. The van der Waals surface area contributed by atoms with Crippen LogP contribution in [0.1, 0.15) is 17.3 Å². The Kier molecular flexibility index (Phi) is 3.91. The van der Waals surface area contributed by atoms with Crippen LogP contribution in [-0.2, 0) is 11.4 Å². The predicted octanol–water partition coefficient (Wildman–Crippen LogP) is 1.32. The molecule has 1 unspecified atom stereocenters. The van der Waals surface area contributed by atoms with E-state index in [4.69, 9.17) is 9.94 Å². The van der Waals surface area contributed by atoms with E-state index in [0.717, 1.165) is 11.3 Å². The van der Waals surface area contributed by atoms with Crippen LogP contribution in [0.4, 0.5) is 4.79 Å². The number of amides is 1. The van der Waals surface area contributed by atoms with E-state index in [1.54, 1.807) is 12.3 Å². The normalized spacial score (nSPS) is 18.2. The Morgan fingerprint density at radius 2 is 2.61 bits per heavy atom. The summed E-state index contributed by atoms with van der Waals surface area (Å²) in [5.74, 6) is 0. The lowest BCUT2D eigenvalue weighted by molar-refractivity contribution is 0.0186. The average Bonchev–Trinajstić information content (AvgIpc) is 2.38. The van der Waals surface area contributed by atoms with Gasteiger partial charge in [0.15, 0.2) is 0 Å². The Balaban J connectivity index is 2.16. The first-order chi connectivity index (χ1) is 8.72. The molecule has 0 saturated heterocycles. The Hall–Kier alpha value is -1.92. The molecule has 96 valence electrons. The lowest BCUT2D eigenvalue weighted by atomic mass is 10.0. The van der Waals surface area contributed by atoms with E-state index in [2.05, 4.69) is 17.0 Å². The maximum absolute atomic E-state index is 11.1. The van der Waals surface area contributed by atoms with Gasteiger partial charge >= 0.3 is 6.09 Å². The summed E-state index contributed by atoms with van der Waals surface area (Å²) >= 11 is 0. The van der Waals surface area contributed by atoms with Gasteiger partial charge in [0.2, 0.25) is 0 Å². The molecule has 1 aromatic heterocycles. The number of rotatable bonds is 4. The third-order valence-electron chi connectivity index (χ3n) is 2.74. The van der Waals surface area contributed by atoms with E-state index in [0.29, 0.717) is 19.7 Å². The summed E-state index contributed by atoms with van der Waals surface area (Å²) in [5, 5.41) is 9.07. The predicted molar refractivity (Wildman–Crippen MR) is 64.7 cm³/mol. The molecule has 1 atom stereocenters. The Morgan fingerprint density at radius 1 is 1.78 bits per heavy atom. The van der Waals surface area contributed by atoms with Crippen LogP contribution in [0.2, 0.25) is 0 Å². The SMILES string of the molecule is C=CCONC1CN(C(=O)O)Cc2ncccc21. The second-order valence-electron chi connectivity index (χ2n) is 3.97. The third kappa shape index (κ3) is 2.66. The summed E-state index contributed by atoms with van der Waals surface area (Å²) in [6, 6.07) is 3.55. The molecular weight excluding hydrogens is 234 g/mol. The summed E-state index contributed by atoms with van der Waals surface area (Å²) < 4.78 is 0. The fourth-order valence-corrected chi connectivity index (χ4v) is 1.92. The van der Waals surface area contributed by atoms with Gasteiger partial charge in [0.25, 0.3) is 0 Å². The molecule has 2 heterocycles. The van der Waals surface area contributed by atoms with Gasteiger partial charge in [0, 0.05) is 12.7 Å². The number of hydrogen-bond donors (Lipinski definition) is 2. The summed E-state index contributed by atoms with van der Waals surface area (Å²) in [6.45, 7) is 4.56. The number of carboxylic acid groups (broad SMARTS) is 1. The minimum Gasteiger partial charge on any atom is -0.465 e. The Bertz CT molecular complexity index is 450. The van der Waals surface area contributed by atoms with Gasteiger partial charge in [-0.25, -0.2) is 4.79 Å². The van der Waals surface area contributed by atoms with E-state index >= 15 is 0 Å². The zero-order chi connectivity index (χ0) is 13.0. The first-order valence-electron chi connectivity index (χ1n) is 5.62. The first-order valence-corrected chi connectivity index (χ1v) is 5.62. The minimum absolute atomic E-state index is 0.210. The van der Waals surface area contributed by atoms with E-state index < -0.39 is 6.09 Å². The molecule has 0 bridgehead atoms. The molecule has 0 spiro atoms. The van der Waals surface area contributed by atoms with Crippen molar-refractivity contribution >= 4 is 6.09 Å². The van der Waals surface area contributed by atoms with Crippen LogP contribution in [0.25, 0.3) is 0 Å². The standard InChI is InChI=1S/C12H15N3O3/c1-2-6-18-14-11-8-15(12(16)17)7-10-9(11)4-3-5-13-10/h2-5,11,14H,1,6-8H2,(H,16,17). The second kappa shape index (κ2) is 5.61. The topological polar surface area (TPSA) is 74.7 Å². The number of aromatic nitrogens is 1. The molecule has 0 saturated carbocycles. The van der Waals surface area contributed by atoms with Crippen LogP contribution in [0.5, 0.6) is 0 Å². The molecule has 6 heteroatoms. The lowest BCUT2D eigenvalue weighted by Crippen LogP contribution is -2.42. The van der Waals surface area contributed by atoms with Crippen molar-refractivity contribution in [2.75, 3.05) is 13.2 Å². The fourth-order valence-electron chi connectivity index (χ4n) is 1.92. The Labute approximate surface area is 105 Å². The highest BCUT2D eigenvalue weighted by Crippen LogP contribution is 2.24. The number of nitrogens with one attached hydrogen (secondary N) is 1. The molecule has 0 aromatic carbocycles. The number of fused-ring (bicyclic) bond motifs is 1. The molecule has 1 aliphatic heterocycles.